The van der Waals surface area contributed by atoms with Gasteiger partial charge in [-0.05, 0) is 52.6 Å². The summed E-state index contributed by atoms with van der Waals surface area (Å²) in [7, 11) is 0. The van der Waals surface area contributed by atoms with Crippen LogP contribution in [0.5, 0.6) is 0 Å². The molecule has 2 amide bonds. The minimum Gasteiger partial charge on any atom is -0.274 e. The van der Waals surface area contributed by atoms with E-state index < -0.39 is 17.3 Å². The molecule has 1 saturated heterocycles. The van der Waals surface area contributed by atoms with Gasteiger partial charge >= 0.3 is 0 Å². The Bertz CT molecular complexity index is 1870. The van der Waals surface area contributed by atoms with Crippen LogP contribution in [0, 0.1) is 11.8 Å². The van der Waals surface area contributed by atoms with Gasteiger partial charge in [0.15, 0.2) is 0 Å². The molecule has 4 aliphatic rings. The maximum atomic E-state index is 14.5. The number of hydrogen-bond donors (Lipinski definition) is 1. The predicted molar refractivity (Wildman–Crippen MR) is 163 cm³/mol. The third-order valence-electron chi connectivity index (χ3n) is 8.56. The summed E-state index contributed by atoms with van der Waals surface area (Å²) < 4.78 is 1.05. The summed E-state index contributed by atoms with van der Waals surface area (Å²) in [4.78, 5) is 34.6. The molecule has 3 aliphatic carbocycles. The molecule has 200 valence electrons. The number of thiazole rings is 1. The van der Waals surface area contributed by atoms with Crippen LogP contribution in [0.4, 0.5) is 10.8 Å². The molecule has 1 fully saturated rings. The van der Waals surface area contributed by atoms with Gasteiger partial charge in [0.25, 0.3) is 0 Å². The highest BCUT2D eigenvalue weighted by Crippen LogP contribution is 2.63. The first-order valence-electron chi connectivity index (χ1n) is 13.2. The van der Waals surface area contributed by atoms with Crippen LogP contribution >= 0.6 is 34.5 Å². The Morgan fingerprint density at radius 1 is 0.878 bits per heavy atom. The van der Waals surface area contributed by atoms with Gasteiger partial charge in [0, 0.05) is 17.2 Å². The van der Waals surface area contributed by atoms with Crippen molar-refractivity contribution in [1.82, 2.24) is 4.98 Å². The molecule has 1 aliphatic heterocycles. The quantitative estimate of drug-likeness (QED) is 0.135. The van der Waals surface area contributed by atoms with Crippen LogP contribution < -0.4 is 10.3 Å². The SMILES string of the molecule is O=C1C2C3c4ccccc4C(/C=N/Nc4nc5ccccc5s4)(c4ccccc43)C2C(=O)N1c1ccc(Cl)cc1Cl. The van der Waals surface area contributed by atoms with Gasteiger partial charge in [-0.3, -0.25) is 15.0 Å². The molecule has 2 atom stereocenters. The van der Waals surface area contributed by atoms with Gasteiger partial charge in [0.2, 0.25) is 16.9 Å². The fourth-order valence-electron chi connectivity index (χ4n) is 7.06. The maximum absolute atomic E-state index is 14.5. The largest absolute Gasteiger partial charge is 0.274 e. The number of fused-ring (bicyclic) bond motifs is 1. The highest BCUT2D eigenvalue weighted by Gasteiger charge is 2.68. The maximum Gasteiger partial charge on any atom is 0.239 e. The van der Waals surface area contributed by atoms with E-state index >= 15 is 0 Å². The van der Waals surface area contributed by atoms with Crippen molar-refractivity contribution in [3.05, 3.63) is 123 Å². The van der Waals surface area contributed by atoms with Gasteiger partial charge in [0.05, 0.1) is 38.2 Å². The highest BCUT2D eigenvalue weighted by molar-refractivity contribution is 7.22. The standard InChI is InChI=1S/C32H20Cl2N4O2S/c33-17-13-14-24(22(34)15-17)38-29(39)27-26-18-7-1-3-9-20(18)32(28(27)30(38)40,21-10-4-2-8-19(21)26)16-35-37-31-36-23-11-5-6-12-25(23)41-31/h1-16,26-28H,(H,36,37)/b35-16+. The van der Waals surface area contributed by atoms with Crippen LogP contribution in [0.2, 0.25) is 10.0 Å². The number of benzene rings is 4. The first-order valence-corrected chi connectivity index (χ1v) is 14.7. The number of hydrogen-bond acceptors (Lipinski definition) is 6. The third-order valence-corrected chi connectivity index (χ3v) is 10.0. The summed E-state index contributed by atoms with van der Waals surface area (Å²) in [6.07, 6.45) is 1.81. The number of nitrogens with one attached hydrogen (secondary N) is 1. The summed E-state index contributed by atoms with van der Waals surface area (Å²) >= 11 is 14.2. The minimum atomic E-state index is -0.989. The lowest BCUT2D eigenvalue weighted by Gasteiger charge is -2.52. The first-order chi connectivity index (χ1) is 20.0. The molecule has 4 aromatic carbocycles. The Kier molecular flexibility index (Phi) is 5.42. The van der Waals surface area contributed by atoms with Crippen molar-refractivity contribution < 1.29 is 9.59 Å². The Morgan fingerprint density at radius 2 is 1.56 bits per heavy atom. The number of hydrazone groups is 1. The molecule has 2 unspecified atom stereocenters. The molecule has 1 N–H and O–H groups in total. The molecule has 0 spiro atoms. The average Bonchev–Trinajstić information content (AvgIpc) is 3.52. The van der Waals surface area contributed by atoms with Crippen LogP contribution in [0.3, 0.4) is 0 Å². The zero-order valence-corrected chi connectivity index (χ0v) is 23.6. The van der Waals surface area contributed by atoms with Crippen molar-refractivity contribution in [3.63, 3.8) is 0 Å². The molecule has 6 nitrogen and oxygen atoms in total. The van der Waals surface area contributed by atoms with E-state index in [0.29, 0.717) is 15.8 Å². The third kappa shape index (κ3) is 3.37. The van der Waals surface area contributed by atoms with Crippen molar-refractivity contribution in [1.29, 1.82) is 0 Å². The normalized spacial score (nSPS) is 24.1. The number of nitrogens with zero attached hydrogens (tertiary/aromatic N) is 3. The van der Waals surface area contributed by atoms with E-state index in [2.05, 4.69) is 22.5 Å². The van der Waals surface area contributed by atoms with Crippen LogP contribution in [0.15, 0.2) is 96.1 Å². The smallest absolute Gasteiger partial charge is 0.239 e. The summed E-state index contributed by atoms with van der Waals surface area (Å²) in [5, 5.41) is 6.04. The second-order valence-electron chi connectivity index (χ2n) is 10.5. The average molecular weight is 596 g/mol. The predicted octanol–water partition coefficient (Wildman–Crippen LogP) is 7.25. The lowest BCUT2D eigenvalue weighted by Crippen LogP contribution is -2.54. The van der Waals surface area contributed by atoms with E-state index in [1.807, 2.05) is 66.9 Å². The molecule has 5 aromatic rings. The van der Waals surface area contributed by atoms with Crippen molar-refractivity contribution in [2.24, 2.45) is 16.9 Å². The Labute approximate surface area is 249 Å². The van der Waals surface area contributed by atoms with E-state index in [4.69, 9.17) is 28.3 Å². The van der Waals surface area contributed by atoms with E-state index in [9.17, 15) is 9.59 Å². The Balaban J connectivity index is 1.32. The van der Waals surface area contributed by atoms with Gasteiger partial charge in [-0.2, -0.15) is 5.10 Å². The second-order valence-corrected chi connectivity index (χ2v) is 12.4. The minimum absolute atomic E-state index is 0.250. The molecule has 0 radical (unpaired) electrons. The first kappa shape index (κ1) is 24.7. The number of carbonyl (C=O) groups is 2. The molecule has 2 bridgehead atoms. The van der Waals surface area contributed by atoms with Gasteiger partial charge in [-0.25, -0.2) is 9.88 Å². The van der Waals surface area contributed by atoms with Gasteiger partial charge in [0.1, 0.15) is 0 Å². The van der Waals surface area contributed by atoms with Crippen LogP contribution in [-0.2, 0) is 15.0 Å². The van der Waals surface area contributed by atoms with E-state index in [-0.39, 0.29) is 22.8 Å². The molecule has 1 aromatic heterocycles. The summed E-state index contributed by atoms with van der Waals surface area (Å²) in [5.74, 6) is -2.17. The van der Waals surface area contributed by atoms with Gasteiger partial charge in [-0.15, -0.1) is 0 Å². The number of para-hydroxylation sites is 1. The monoisotopic (exact) mass is 594 g/mol. The van der Waals surface area contributed by atoms with Crippen molar-refractivity contribution in [2.75, 3.05) is 10.3 Å². The summed E-state index contributed by atoms with van der Waals surface area (Å²) in [6, 6.07) is 28.9. The number of imide groups is 1. The second kappa shape index (κ2) is 8.98. The van der Waals surface area contributed by atoms with E-state index in [1.165, 1.54) is 16.2 Å². The number of amides is 2. The van der Waals surface area contributed by atoms with Crippen LogP contribution in [0.25, 0.3) is 10.2 Å². The highest BCUT2D eigenvalue weighted by atomic mass is 35.5. The van der Waals surface area contributed by atoms with E-state index in [1.54, 1.807) is 18.2 Å². The molecule has 9 heteroatoms. The fourth-order valence-corrected chi connectivity index (χ4v) is 8.37. The van der Waals surface area contributed by atoms with E-state index in [0.717, 1.165) is 32.5 Å². The number of anilines is 2. The van der Waals surface area contributed by atoms with Gasteiger partial charge in [-0.1, -0.05) is 95.2 Å². The summed E-state index contributed by atoms with van der Waals surface area (Å²) in [5.41, 5.74) is 7.37. The Hall–Kier alpha value is -4.04. The van der Waals surface area contributed by atoms with Gasteiger partial charge < -0.3 is 0 Å². The number of halogens is 2. The van der Waals surface area contributed by atoms with Crippen molar-refractivity contribution in [2.45, 2.75) is 11.3 Å². The van der Waals surface area contributed by atoms with Crippen molar-refractivity contribution in [3.8, 4) is 0 Å². The molecular formula is C32H20Cl2N4O2S. The van der Waals surface area contributed by atoms with Crippen LogP contribution in [-0.4, -0.2) is 23.0 Å². The molecule has 9 rings (SSSR count). The van der Waals surface area contributed by atoms with Crippen molar-refractivity contribution >= 4 is 73.6 Å². The van der Waals surface area contributed by atoms with Crippen LogP contribution in [0.1, 0.15) is 28.2 Å². The molecular weight excluding hydrogens is 575 g/mol. The number of rotatable bonds is 4. The summed E-state index contributed by atoms with van der Waals surface area (Å²) in [6.45, 7) is 0. The lowest BCUT2D eigenvalue weighted by molar-refractivity contribution is -0.122. The fraction of sp³-hybridized carbons (Fsp3) is 0.125. The number of carbonyl (C=O) groups excluding carboxylic acids is 2. The molecule has 0 saturated carbocycles. The molecule has 2 heterocycles. The zero-order chi connectivity index (χ0) is 27.9. The lowest BCUT2D eigenvalue weighted by atomic mass is 9.47. The zero-order valence-electron chi connectivity index (χ0n) is 21.3. The topological polar surface area (TPSA) is 74.7 Å². The number of aromatic nitrogens is 1. The Morgan fingerprint density at radius 3 is 2.27 bits per heavy atom. The molecule has 41 heavy (non-hydrogen) atoms.